The molecule has 10 heteroatoms. The first-order valence-corrected chi connectivity index (χ1v) is 13.3. The van der Waals surface area contributed by atoms with E-state index >= 15 is 0 Å². The number of fused-ring (bicyclic) bond motifs is 3. The first-order valence-electron chi connectivity index (χ1n) is 12.1. The van der Waals surface area contributed by atoms with E-state index in [4.69, 9.17) is 16.3 Å². The maximum absolute atomic E-state index is 14.1. The number of ketones is 1. The fraction of sp³-hybridized carbons (Fsp3) is 0.296. The molecule has 1 amide bonds. The van der Waals surface area contributed by atoms with Crippen molar-refractivity contribution < 1.29 is 19.4 Å². The van der Waals surface area contributed by atoms with E-state index in [0.29, 0.717) is 46.7 Å². The molecule has 8 nitrogen and oxygen atoms in total. The summed E-state index contributed by atoms with van der Waals surface area (Å²) in [5.74, 6) is -1.43. The molecule has 1 unspecified atom stereocenters. The summed E-state index contributed by atoms with van der Waals surface area (Å²) in [6.45, 7) is 5.67. The molecular formula is C27H25ClN4O4S. The van der Waals surface area contributed by atoms with E-state index < -0.39 is 17.7 Å². The highest BCUT2D eigenvalue weighted by atomic mass is 35.5. The van der Waals surface area contributed by atoms with Crippen molar-refractivity contribution in [3.8, 4) is 0 Å². The predicted octanol–water partition coefficient (Wildman–Crippen LogP) is 4.42. The average molecular weight is 537 g/mol. The molecule has 1 N–H and O–H groups in total. The van der Waals surface area contributed by atoms with Crippen LogP contribution in [0.5, 0.6) is 0 Å². The summed E-state index contributed by atoms with van der Waals surface area (Å²) in [6.07, 6.45) is 0. The van der Waals surface area contributed by atoms with E-state index in [-0.39, 0.29) is 11.4 Å². The van der Waals surface area contributed by atoms with Gasteiger partial charge in [0.05, 0.1) is 40.7 Å². The van der Waals surface area contributed by atoms with Crippen molar-refractivity contribution in [2.45, 2.75) is 13.0 Å². The average Bonchev–Trinajstić information content (AvgIpc) is 3.52. The second-order valence-corrected chi connectivity index (χ2v) is 10.7. The minimum Gasteiger partial charge on any atom is -0.503 e. The number of aliphatic hydroxyl groups excluding tert-OH is 1. The summed E-state index contributed by atoms with van der Waals surface area (Å²) >= 11 is 7.57. The molecule has 190 valence electrons. The number of aryl methyl sites for hydroxylation is 1. The molecule has 0 aliphatic carbocycles. The lowest BCUT2D eigenvalue weighted by Gasteiger charge is -2.31. The number of halogens is 1. The number of aromatic nitrogens is 2. The third kappa shape index (κ3) is 4.12. The van der Waals surface area contributed by atoms with Crippen LogP contribution in [0.3, 0.4) is 0 Å². The van der Waals surface area contributed by atoms with Crippen molar-refractivity contribution in [1.82, 2.24) is 19.2 Å². The van der Waals surface area contributed by atoms with Crippen LogP contribution in [-0.2, 0) is 9.53 Å². The van der Waals surface area contributed by atoms with Crippen molar-refractivity contribution >= 4 is 50.6 Å². The van der Waals surface area contributed by atoms with Crippen LogP contribution in [0.4, 0.5) is 0 Å². The Balaban J connectivity index is 1.40. The van der Waals surface area contributed by atoms with E-state index in [1.54, 1.807) is 23.1 Å². The summed E-state index contributed by atoms with van der Waals surface area (Å²) in [4.78, 5) is 37.0. The van der Waals surface area contributed by atoms with E-state index in [0.717, 1.165) is 29.8 Å². The molecule has 2 aliphatic heterocycles. The maximum Gasteiger partial charge on any atom is 0.290 e. The van der Waals surface area contributed by atoms with Gasteiger partial charge < -0.3 is 14.7 Å². The Kier molecular flexibility index (Phi) is 6.24. The van der Waals surface area contributed by atoms with Crippen LogP contribution in [0.15, 0.2) is 59.9 Å². The van der Waals surface area contributed by atoms with E-state index in [2.05, 4.69) is 9.88 Å². The largest absolute Gasteiger partial charge is 0.503 e. The third-order valence-corrected chi connectivity index (χ3v) is 8.44. The number of nitrogens with zero attached hydrogens (tertiary/aromatic N) is 4. The summed E-state index contributed by atoms with van der Waals surface area (Å²) in [5.41, 5.74) is 3.23. The SMILES string of the molecule is Cc1c(C(=O)C2=C(O)C(=O)N(CCN3CCOCC3)C2c2cccc(Cl)c2)sc2nc3ccccc3n12. The summed E-state index contributed by atoms with van der Waals surface area (Å²) in [7, 11) is 0. The van der Waals surface area contributed by atoms with Crippen LogP contribution in [0.1, 0.15) is 27.0 Å². The molecule has 0 radical (unpaired) electrons. The standard InChI is InChI=1S/C27H25ClN4O4S/c1-16-25(37-27-29-19-7-2-3-8-20(19)32(16)27)23(33)21-22(17-5-4-6-18(28)15-17)31(26(35)24(21)34)10-9-30-11-13-36-14-12-30/h2-8,15,22,34H,9-14H2,1H3. The quantitative estimate of drug-likeness (QED) is 0.367. The molecule has 1 saturated heterocycles. The van der Waals surface area contributed by atoms with Gasteiger partial charge in [-0.05, 0) is 36.8 Å². The molecule has 0 bridgehead atoms. The number of thiazole rings is 1. The first kappa shape index (κ1) is 24.1. The lowest BCUT2D eigenvalue weighted by molar-refractivity contribution is -0.129. The number of ether oxygens (including phenoxy) is 1. The number of hydrogen-bond acceptors (Lipinski definition) is 7. The molecule has 4 aromatic rings. The van der Waals surface area contributed by atoms with Gasteiger partial charge in [-0.1, -0.05) is 47.2 Å². The summed E-state index contributed by atoms with van der Waals surface area (Å²) in [6, 6.07) is 14.1. The molecule has 2 aliphatic rings. The molecule has 6 rings (SSSR count). The van der Waals surface area contributed by atoms with Crippen LogP contribution in [0.2, 0.25) is 5.02 Å². The minimum atomic E-state index is -0.745. The topological polar surface area (TPSA) is 87.4 Å². The van der Waals surface area contributed by atoms with Gasteiger partial charge >= 0.3 is 0 Å². The summed E-state index contributed by atoms with van der Waals surface area (Å²) in [5, 5.41) is 11.6. The predicted molar refractivity (Wildman–Crippen MR) is 142 cm³/mol. The lowest BCUT2D eigenvalue weighted by atomic mass is 9.95. The van der Waals surface area contributed by atoms with Crippen LogP contribution < -0.4 is 0 Å². The fourth-order valence-electron chi connectivity index (χ4n) is 5.21. The molecule has 1 fully saturated rings. The molecule has 2 aromatic heterocycles. The van der Waals surface area contributed by atoms with E-state index in [9.17, 15) is 14.7 Å². The minimum absolute atomic E-state index is 0.0751. The number of aliphatic hydroxyl groups is 1. The van der Waals surface area contributed by atoms with Gasteiger partial charge in [0.15, 0.2) is 10.7 Å². The Morgan fingerprint density at radius 3 is 2.73 bits per heavy atom. The van der Waals surface area contributed by atoms with Crippen LogP contribution in [0.25, 0.3) is 16.0 Å². The van der Waals surface area contributed by atoms with Crippen molar-refractivity contribution in [3.63, 3.8) is 0 Å². The van der Waals surface area contributed by atoms with E-state index in [1.165, 1.54) is 11.3 Å². The zero-order chi connectivity index (χ0) is 25.7. The molecular weight excluding hydrogens is 512 g/mol. The lowest BCUT2D eigenvalue weighted by Crippen LogP contribution is -2.43. The number of Topliss-reactive ketones (excluding diaryl/α,β-unsaturated/α-hetero) is 1. The number of rotatable bonds is 6. The molecule has 0 saturated carbocycles. The number of benzene rings is 2. The number of carbonyl (C=O) groups excluding carboxylic acids is 2. The highest BCUT2D eigenvalue weighted by Gasteiger charge is 2.44. The normalized spacial score (nSPS) is 19.0. The van der Waals surface area contributed by atoms with Gasteiger partial charge in [0, 0.05) is 36.9 Å². The van der Waals surface area contributed by atoms with Crippen molar-refractivity contribution in [3.05, 3.63) is 81.0 Å². The van der Waals surface area contributed by atoms with Crippen molar-refractivity contribution in [2.75, 3.05) is 39.4 Å². The van der Waals surface area contributed by atoms with Gasteiger partial charge in [0.25, 0.3) is 5.91 Å². The zero-order valence-electron chi connectivity index (χ0n) is 20.2. The first-order chi connectivity index (χ1) is 17.9. The van der Waals surface area contributed by atoms with Crippen LogP contribution in [0, 0.1) is 6.92 Å². The van der Waals surface area contributed by atoms with Crippen LogP contribution in [-0.4, -0.2) is 75.4 Å². The molecule has 0 spiro atoms. The zero-order valence-corrected chi connectivity index (χ0v) is 21.8. The number of amides is 1. The smallest absolute Gasteiger partial charge is 0.290 e. The Morgan fingerprint density at radius 2 is 1.95 bits per heavy atom. The van der Waals surface area contributed by atoms with Gasteiger partial charge in [0.2, 0.25) is 5.78 Å². The highest BCUT2D eigenvalue weighted by Crippen LogP contribution is 2.41. The summed E-state index contributed by atoms with van der Waals surface area (Å²) < 4.78 is 7.38. The Morgan fingerprint density at radius 1 is 1.16 bits per heavy atom. The Bertz CT molecular complexity index is 1570. The van der Waals surface area contributed by atoms with Gasteiger partial charge in [0.1, 0.15) is 0 Å². The number of hydrogen-bond donors (Lipinski definition) is 1. The van der Waals surface area contributed by atoms with Crippen molar-refractivity contribution in [1.29, 1.82) is 0 Å². The number of morpholine rings is 1. The monoisotopic (exact) mass is 536 g/mol. The number of imidazole rings is 1. The molecule has 37 heavy (non-hydrogen) atoms. The highest BCUT2D eigenvalue weighted by molar-refractivity contribution is 7.19. The molecule has 2 aromatic carbocycles. The Hall–Kier alpha value is -3.24. The number of para-hydroxylation sites is 2. The molecule has 1 atom stereocenters. The maximum atomic E-state index is 14.1. The number of carbonyl (C=O) groups is 2. The fourth-order valence-corrected chi connectivity index (χ4v) is 6.50. The van der Waals surface area contributed by atoms with Crippen LogP contribution >= 0.6 is 22.9 Å². The van der Waals surface area contributed by atoms with Gasteiger partial charge in [-0.15, -0.1) is 0 Å². The second-order valence-electron chi connectivity index (χ2n) is 9.24. The van der Waals surface area contributed by atoms with E-state index in [1.807, 2.05) is 41.7 Å². The third-order valence-electron chi connectivity index (χ3n) is 7.07. The van der Waals surface area contributed by atoms with Gasteiger partial charge in [-0.25, -0.2) is 4.98 Å². The Labute approximate surface area is 222 Å². The van der Waals surface area contributed by atoms with Gasteiger partial charge in [-0.3, -0.25) is 18.9 Å². The van der Waals surface area contributed by atoms with Gasteiger partial charge in [-0.2, -0.15) is 0 Å². The van der Waals surface area contributed by atoms with Crippen molar-refractivity contribution in [2.24, 2.45) is 0 Å². The second kappa shape index (κ2) is 9.57. The molecule has 4 heterocycles.